The van der Waals surface area contributed by atoms with Gasteiger partial charge in [-0.15, -0.1) is 0 Å². The molecular formula is C11H22O2. The lowest BCUT2D eigenvalue weighted by atomic mass is 9.68. The van der Waals surface area contributed by atoms with Crippen LogP contribution in [0.5, 0.6) is 0 Å². The van der Waals surface area contributed by atoms with Crippen LogP contribution in [-0.4, -0.2) is 22.9 Å². The molecule has 0 aromatic carbocycles. The van der Waals surface area contributed by atoms with Gasteiger partial charge >= 0.3 is 0 Å². The van der Waals surface area contributed by atoms with Crippen LogP contribution in [0, 0.1) is 17.3 Å². The standard InChI is InChI=1S/C11H22O2/c1-11(2,3)9-5-4-8(7-12)6-10(9)13/h8-10,12-13H,4-7H2,1-3H3/t8-,9+,10-/m0/s1. The highest BCUT2D eigenvalue weighted by atomic mass is 16.3. The minimum atomic E-state index is -0.217. The Labute approximate surface area is 81.0 Å². The van der Waals surface area contributed by atoms with Crippen molar-refractivity contribution in [2.75, 3.05) is 6.61 Å². The fourth-order valence-corrected chi connectivity index (χ4v) is 2.41. The predicted molar refractivity (Wildman–Crippen MR) is 53.4 cm³/mol. The highest BCUT2D eigenvalue weighted by molar-refractivity contribution is 4.86. The second kappa shape index (κ2) is 3.97. The largest absolute Gasteiger partial charge is 0.396 e. The maximum absolute atomic E-state index is 9.89. The maximum Gasteiger partial charge on any atom is 0.0576 e. The zero-order chi connectivity index (χ0) is 10.1. The average Bonchev–Trinajstić information content (AvgIpc) is 2.01. The van der Waals surface area contributed by atoms with Gasteiger partial charge in [-0.05, 0) is 36.5 Å². The average molecular weight is 186 g/mol. The van der Waals surface area contributed by atoms with Crippen molar-refractivity contribution in [1.29, 1.82) is 0 Å². The number of aliphatic hydroxyl groups is 2. The van der Waals surface area contributed by atoms with Crippen LogP contribution in [-0.2, 0) is 0 Å². The van der Waals surface area contributed by atoms with E-state index < -0.39 is 0 Å². The van der Waals surface area contributed by atoms with Crippen LogP contribution < -0.4 is 0 Å². The molecule has 0 amide bonds. The number of hydrogen-bond donors (Lipinski definition) is 2. The molecule has 2 nitrogen and oxygen atoms in total. The van der Waals surface area contributed by atoms with E-state index in [2.05, 4.69) is 20.8 Å². The van der Waals surface area contributed by atoms with Gasteiger partial charge < -0.3 is 10.2 Å². The van der Waals surface area contributed by atoms with Crippen LogP contribution in [0.15, 0.2) is 0 Å². The van der Waals surface area contributed by atoms with E-state index in [1.165, 1.54) is 0 Å². The van der Waals surface area contributed by atoms with Crippen molar-refractivity contribution in [3.8, 4) is 0 Å². The summed E-state index contributed by atoms with van der Waals surface area (Å²) in [5.74, 6) is 0.726. The predicted octanol–water partition coefficient (Wildman–Crippen LogP) is 1.80. The molecule has 0 heterocycles. The second-order valence-corrected chi connectivity index (χ2v) is 5.40. The molecule has 0 aromatic rings. The van der Waals surface area contributed by atoms with Gasteiger partial charge in [0.1, 0.15) is 0 Å². The Morgan fingerprint density at radius 1 is 1.23 bits per heavy atom. The quantitative estimate of drug-likeness (QED) is 0.655. The Bertz CT molecular complexity index is 160. The van der Waals surface area contributed by atoms with E-state index in [9.17, 15) is 5.11 Å². The zero-order valence-corrected chi connectivity index (χ0v) is 8.95. The first-order valence-electron chi connectivity index (χ1n) is 5.24. The van der Waals surface area contributed by atoms with Gasteiger partial charge in [0.15, 0.2) is 0 Å². The Balaban J connectivity index is 2.53. The third kappa shape index (κ3) is 2.68. The summed E-state index contributed by atoms with van der Waals surface area (Å²) in [5, 5.41) is 18.9. The Morgan fingerprint density at radius 2 is 1.85 bits per heavy atom. The van der Waals surface area contributed by atoms with Crippen molar-refractivity contribution in [1.82, 2.24) is 0 Å². The summed E-state index contributed by atoms with van der Waals surface area (Å²) in [5.41, 5.74) is 0.194. The summed E-state index contributed by atoms with van der Waals surface area (Å²) >= 11 is 0. The molecule has 1 aliphatic carbocycles. The molecule has 0 unspecified atom stereocenters. The SMILES string of the molecule is CC(C)(C)[C@@H]1CC[C@H](CO)C[C@@H]1O. The molecule has 1 rings (SSSR count). The van der Waals surface area contributed by atoms with Crippen molar-refractivity contribution in [2.45, 2.75) is 46.1 Å². The van der Waals surface area contributed by atoms with E-state index >= 15 is 0 Å². The molecule has 3 atom stereocenters. The summed E-state index contributed by atoms with van der Waals surface area (Å²) < 4.78 is 0. The Morgan fingerprint density at radius 3 is 2.23 bits per heavy atom. The summed E-state index contributed by atoms with van der Waals surface area (Å²) in [6.07, 6.45) is 2.68. The molecular weight excluding hydrogens is 164 g/mol. The van der Waals surface area contributed by atoms with Gasteiger partial charge in [-0.1, -0.05) is 20.8 Å². The van der Waals surface area contributed by atoms with E-state index in [-0.39, 0.29) is 18.1 Å². The summed E-state index contributed by atoms with van der Waals surface area (Å²) in [7, 11) is 0. The number of rotatable bonds is 1. The van der Waals surface area contributed by atoms with Gasteiger partial charge in [-0.2, -0.15) is 0 Å². The fourth-order valence-electron chi connectivity index (χ4n) is 2.41. The molecule has 1 aliphatic rings. The molecule has 1 saturated carbocycles. The van der Waals surface area contributed by atoms with E-state index in [0.717, 1.165) is 19.3 Å². The van der Waals surface area contributed by atoms with Crippen LogP contribution in [0.25, 0.3) is 0 Å². The molecule has 1 fully saturated rings. The molecule has 0 radical (unpaired) electrons. The molecule has 2 N–H and O–H groups in total. The summed E-state index contributed by atoms with van der Waals surface area (Å²) in [6.45, 7) is 6.77. The van der Waals surface area contributed by atoms with Crippen LogP contribution in [0.4, 0.5) is 0 Å². The molecule has 0 saturated heterocycles. The molecule has 13 heavy (non-hydrogen) atoms. The van der Waals surface area contributed by atoms with Gasteiger partial charge in [-0.25, -0.2) is 0 Å². The first kappa shape index (κ1) is 11.0. The maximum atomic E-state index is 9.89. The molecule has 0 aromatic heterocycles. The Kier molecular flexibility index (Phi) is 3.36. The minimum Gasteiger partial charge on any atom is -0.396 e. The van der Waals surface area contributed by atoms with Gasteiger partial charge in [0.2, 0.25) is 0 Å². The summed E-state index contributed by atoms with van der Waals surface area (Å²) in [6, 6.07) is 0. The first-order chi connectivity index (χ1) is 5.95. The van der Waals surface area contributed by atoms with E-state index in [1.807, 2.05) is 0 Å². The fraction of sp³-hybridized carbons (Fsp3) is 1.00. The van der Waals surface area contributed by atoms with Crippen LogP contribution in [0.1, 0.15) is 40.0 Å². The van der Waals surface area contributed by atoms with Crippen molar-refractivity contribution < 1.29 is 10.2 Å². The van der Waals surface area contributed by atoms with Crippen molar-refractivity contribution >= 4 is 0 Å². The van der Waals surface area contributed by atoms with E-state index in [0.29, 0.717) is 11.8 Å². The lowest BCUT2D eigenvalue weighted by Crippen LogP contribution is -2.38. The van der Waals surface area contributed by atoms with Gasteiger partial charge in [-0.3, -0.25) is 0 Å². The highest BCUT2D eigenvalue weighted by Crippen LogP contribution is 2.39. The van der Waals surface area contributed by atoms with Crippen LogP contribution in [0.2, 0.25) is 0 Å². The van der Waals surface area contributed by atoms with E-state index in [1.54, 1.807) is 0 Å². The van der Waals surface area contributed by atoms with Crippen LogP contribution in [0.3, 0.4) is 0 Å². The number of aliphatic hydroxyl groups excluding tert-OH is 2. The lowest BCUT2D eigenvalue weighted by Gasteiger charge is -2.40. The normalized spacial score (nSPS) is 36.2. The van der Waals surface area contributed by atoms with Crippen molar-refractivity contribution in [3.05, 3.63) is 0 Å². The molecule has 0 bridgehead atoms. The smallest absolute Gasteiger partial charge is 0.0576 e. The van der Waals surface area contributed by atoms with Gasteiger partial charge in [0, 0.05) is 6.61 Å². The third-order valence-corrected chi connectivity index (χ3v) is 3.30. The molecule has 78 valence electrons. The lowest BCUT2D eigenvalue weighted by molar-refractivity contribution is -0.0185. The Hall–Kier alpha value is -0.0800. The third-order valence-electron chi connectivity index (χ3n) is 3.30. The first-order valence-corrected chi connectivity index (χ1v) is 5.24. The van der Waals surface area contributed by atoms with Crippen molar-refractivity contribution in [3.63, 3.8) is 0 Å². The van der Waals surface area contributed by atoms with E-state index in [4.69, 9.17) is 5.11 Å². The minimum absolute atomic E-state index is 0.194. The number of hydrogen-bond acceptors (Lipinski definition) is 2. The van der Waals surface area contributed by atoms with Gasteiger partial charge in [0.05, 0.1) is 6.10 Å². The highest BCUT2D eigenvalue weighted by Gasteiger charge is 2.35. The van der Waals surface area contributed by atoms with Crippen LogP contribution >= 0.6 is 0 Å². The second-order valence-electron chi connectivity index (χ2n) is 5.40. The monoisotopic (exact) mass is 186 g/mol. The zero-order valence-electron chi connectivity index (χ0n) is 8.95. The topological polar surface area (TPSA) is 40.5 Å². The molecule has 0 spiro atoms. The van der Waals surface area contributed by atoms with Crippen molar-refractivity contribution in [2.24, 2.45) is 17.3 Å². The summed E-state index contributed by atoms with van der Waals surface area (Å²) in [4.78, 5) is 0. The molecule has 2 heteroatoms. The molecule has 0 aliphatic heterocycles. The van der Waals surface area contributed by atoms with Gasteiger partial charge in [0.25, 0.3) is 0 Å².